The fraction of sp³-hybridized carbons (Fsp3) is 0.179. The van der Waals surface area contributed by atoms with Gasteiger partial charge in [0, 0.05) is 23.1 Å². The van der Waals surface area contributed by atoms with Gasteiger partial charge in [-0.1, -0.05) is 50.2 Å². The molecule has 0 spiro atoms. The Labute approximate surface area is 189 Å². The zero-order valence-electron chi connectivity index (χ0n) is 18.8. The predicted molar refractivity (Wildman–Crippen MR) is 131 cm³/mol. The Morgan fingerprint density at radius 2 is 1.52 bits per heavy atom. The van der Waals surface area contributed by atoms with Crippen LogP contribution >= 0.6 is 0 Å². The molecule has 0 bridgehead atoms. The first-order valence-corrected chi connectivity index (χ1v) is 10.9. The number of rotatable bonds is 1. The lowest BCUT2D eigenvalue weighted by atomic mass is 9.80. The van der Waals surface area contributed by atoms with Crippen LogP contribution in [0.5, 0.6) is 0 Å². The van der Waals surface area contributed by atoms with Gasteiger partial charge in [-0.2, -0.15) is 0 Å². The number of nitrogens with zero attached hydrogens (tertiary/aromatic N) is 1. The summed E-state index contributed by atoms with van der Waals surface area (Å²) in [6.45, 7) is 8.45. The van der Waals surface area contributed by atoms with Crippen LogP contribution < -0.4 is 5.43 Å². The SMILES string of the molecule is Cc1cc2c(c3ccccc13)-c1c(cc(C)c3c(=O)c4cc([N+](=O)[O-])ccc4oc13)C2(C)C. The van der Waals surface area contributed by atoms with Gasteiger partial charge < -0.3 is 4.42 Å². The normalized spacial score (nSPS) is 14.1. The van der Waals surface area contributed by atoms with Crippen molar-refractivity contribution in [3.63, 3.8) is 0 Å². The minimum atomic E-state index is -0.494. The molecule has 4 aromatic carbocycles. The summed E-state index contributed by atoms with van der Waals surface area (Å²) < 4.78 is 6.39. The first-order chi connectivity index (χ1) is 15.7. The van der Waals surface area contributed by atoms with E-state index in [1.807, 2.05) is 19.1 Å². The zero-order chi connectivity index (χ0) is 23.2. The smallest absolute Gasteiger partial charge is 0.270 e. The molecule has 5 nitrogen and oxygen atoms in total. The summed E-state index contributed by atoms with van der Waals surface area (Å²) in [6, 6.07) is 16.9. The molecule has 0 radical (unpaired) electrons. The average molecular weight is 435 g/mol. The minimum Gasteiger partial charge on any atom is -0.455 e. The first kappa shape index (κ1) is 19.7. The van der Waals surface area contributed by atoms with Crippen molar-refractivity contribution in [2.75, 3.05) is 0 Å². The van der Waals surface area contributed by atoms with Crippen LogP contribution in [0.2, 0.25) is 0 Å². The molecule has 0 unspecified atom stereocenters. The highest BCUT2D eigenvalue weighted by Gasteiger charge is 2.39. The van der Waals surface area contributed by atoms with Gasteiger partial charge in [-0.25, -0.2) is 0 Å². The standard InChI is InChI=1S/C28H21NO4/c1-14-11-20-24(18-8-6-5-7-17(14)18)25-21(28(20,3)4)12-15(2)23-26(30)19-13-16(29(31)32)9-10-22(19)33-27(23)25/h5-13H,1-4H3. The number of nitro benzene ring substituents is 1. The Morgan fingerprint density at radius 1 is 0.848 bits per heavy atom. The minimum absolute atomic E-state index is 0.124. The molecule has 0 saturated carbocycles. The highest BCUT2D eigenvalue weighted by atomic mass is 16.6. The van der Waals surface area contributed by atoms with E-state index in [4.69, 9.17) is 4.42 Å². The van der Waals surface area contributed by atoms with Gasteiger partial charge in [0.2, 0.25) is 5.43 Å². The Morgan fingerprint density at radius 3 is 2.24 bits per heavy atom. The Kier molecular flexibility index (Phi) is 3.75. The summed E-state index contributed by atoms with van der Waals surface area (Å²) in [5.41, 5.74) is 6.70. The highest BCUT2D eigenvalue weighted by Crippen LogP contribution is 2.54. The van der Waals surface area contributed by atoms with E-state index in [-0.39, 0.29) is 21.9 Å². The second kappa shape index (κ2) is 6.29. The molecule has 5 aromatic rings. The third-order valence-corrected chi connectivity index (χ3v) is 7.18. The molecule has 1 aliphatic carbocycles. The van der Waals surface area contributed by atoms with Crippen molar-refractivity contribution >= 4 is 38.4 Å². The van der Waals surface area contributed by atoms with Crippen molar-refractivity contribution in [1.29, 1.82) is 0 Å². The molecular weight excluding hydrogens is 414 g/mol. The summed E-state index contributed by atoms with van der Waals surface area (Å²) >= 11 is 0. The summed E-state index contributed by atoms with van der Waals surface area (Å²) in [5.74, 6) is 0. The van der Waals surface area contributed by atoms with Crippen LogP contribution in [-0.4, -0.2) is 4.92 Å². The van der Waals surface area contributed by atoms with Crippen molar-refractivity contribution < 1.29 is 9.34 Å². The average Bonchev–Trinajstić information content (AvgIpc) is 3.01. The Hall–Kier alpha value is -3.99. The lowest BCUT2D eigenvalue weighted by molar-refractivity contribution is -0.384. The predicted octanol–water partition coefficient (Wildman–Crippen LogP) is 6.93. The van der Waals surface area contributed by atoms with E-state index in [1.54, 1.807) is 0 Å². The first-order valence-electron chi connectivity index (χ1n) is 10.9. The van der Waals surface area contributed by atoms with Gasteiger partial charge in [-0.15, -0.1) is 0 Å². The number of fused-ring (bicyclic) bond motifs is 8. The van der Waals surface area contributed by atoms with E-state index in [2.05, 4.69) is 45.0 Å². The van der Waals surface area contributed by atoms with Crippen molar-refractivity contribution in [1.82, 2.24) is 0 Å². The van der Waals surface area contributed by atoms with E-state index in [1.165, 1.54) is 34.7 Å². The summed E-state index contributed by atoms with van der Waals surface area (Å²) in [6.07, 6.45) is 0. The molecule has 1 heterocycles. The van der Waals surface area contributed by atoms with Gasteiger partial charge in [-0.05, 0) is 58.5 Å². The number of nitro groups is 1. The van der Waals surface area contributed by atoms with Crippen LogP contribution in [0.25, 0.3) is 43.8 Å². The summed E-state index contributed by atoms with van der Waals surface area (Å²) in [4.78, 5) is 24.4. The number of hydrogen-bond acceptors (Lipinski definition) is 4. The fourth-order valence-corrected chi connectivity index (χ4v) is 5.52. The summed E-state index contributed by atoms with van der Waals surface area (Å²) in [7, 11) is 0. The van der Waals surface area contributed by atoms with Crippen molar-refractivity contribution in [3.05, 3.63) is 97.2 Å². The van der Waals surface area contributed by atoms with E-state index in [9.17, 15) is 14.9 Å². The monoisotopic (exact) mass is 435 g/mol. The van der Waals surface area contributed by atoms with Crippen LogP contribution in [0.4, 0.5) is 5.69 Å². The van der Waals surface area contributed by atoms with Gasteiger partial charge >= 0.3 is 0 Å². The van der Waals surface area contributed by atoms with Crippen LogP contribution in [0.3, 0.4) is 0 Å². The number of benzene rings is 4. The molecule has 1 aliphatic rings. The largest absolute Gasteiger partial charge is 0.455 e. The van der Waals surface area contributed by atoms with Crippen LogP contribution in [-0.2, 0) is 5.41 Å². The lowest BCUT2D eigenvalue weighted by Crippen LogP contribution is -2.16. The number of non-ortho nitro benzene ring substituents is 1. The molecule has 33 heavy (non-hydrogen) atoms. The molecular formula is C28H21NO4. The maximum Gasteiger partial charge on any atom is 0.270 e. The molecule has 0 fully saturated rings. The lowest BCUT2D eigenvalue weighted by Gasteiger charge is -2.23. The molecule has 5 heteroatoms. The van der Waals surface area contributed by atoms with Crippen molar-refractivity contribution in [2.24, 2.45) is 0 Å². The highest BCUT2D eigenvalue weighted by molar-refractivity contribution is 6.11. The molecule has 0 amide bonds. The van der Waals surface area contributed by atoms with E-state index in [0.717, 1.165) is 27.6 Å². The van der Waals surface area contributed by atoms with Crippen LogP contribution in [0.15, 0.2) is 63.8 Å². The number of aryl methyl sites for hydroxylation is 2. The van der Waals surface area contributed by atoms with Gasteiger partial charge in [0.1, 0.15) is 11.2 Å². The molecule has 1 aromatic heterocycles. The molecule has 162 valence electrons. The Balaban J connectivity index is 1.85. The third-order valence-electron chi connectivity index (χ3n) is 7.18. The second-order valence-electron chi connectivity index (χ2n) is 9.48. The van der Waals surface area contributed by atoms with Gasteiger partial charge in [0.05, 0.1) is 15.7 Å². The maximum absolute atomic E-state index is 13.6. The molecule has 0 atom stereocenters. The van der Waals surface area contributed by atoms with E-state index < -0.39 is 4.92 Å². The third kappa shape index (κ3) is 2.45. The van der Waals surface area contributed by atoms with E-state index >= 15 is 0 Å². The van der Waals surface area contributed by atoms with Gasteiger partial charge in [0.15, 0.2) is 0 Å². The molecule has 0 aliphatic heterocycles. The summed E-state index contributed by atoms with van der Waals surface area (Å²) in [5, 5.41) is 14.3. The number of hydrogen-bond donors (Lipinski definition) is 0. The van der Waals surface area contributed by atoms with Gasteiger partial charge in [-0.3, -0.25) is 14.9 Å². The van der Waals surface area contributed by atoms with Crippen molar-refractivity contribution in [3.8, 4) is 11.1 Å². The Bertz CT molecular complexity index is 1760. The quantitative estimate of drug-likeness (QED) is 0.163. The molecule has 6 rings (SSSR count). The maximum atomic E-state index is 13.6. The molecule has 0 N–H and O–H groups in total. The molecule has 0 saturated heterocycles. The van der Waals surface area contributed by atoms with E-state index in [0.29, 0.717) is 16.6 Å². The van der Waals surface area contributed by atoms with Gasteiger partial charge in [0.25, 0.3) is 5.69 Å². The van der Waals surface area contributed by atoms with Crippen LogP contribution in [0, 0.1) is 24.0 Å². The van der Waals surface area contributed by atoms with Crippen LogP contribution in [0.1, 0.15) is 36.1 Å². The van der Waals surface area contributed by atoms with Crippen molar-refractivity contribution in [2.45, 2.75) is 33.1 Å². The fourth-order valence-electron chi connectivity index (χ4n) is 5.52. The second-order valence-corrected chi connectivity index (χ2v) is 9.48. The zero-order valence-corrected chi connectivity index (χ0v) is 18.8. The topological polar surface area (TPSA) is 73.3 Å².